The van der Waals surface area contributed by atoms with Crippen molar-refractivity contribution in [3.63, 3.8) is 0 Å². The Morgan fingerprint density at radius 2 is 1.87 bits per heavy atom. The molecule has 2 aromatic carbocycles. The highest BCUT2D eigenvalue weighted by molar-refractivity contribution is 7.99. The molecule has 4 N–H and O–H groups in total. The lowest BCUT2D eigenvalue weighted by Gasteiger charge is -2.12. The number of rotatable bonds is 6. The number of nitrogens with zero attached hydrogens (tertiary/aromatic N) is 4. The molecular formula is C21H20N6O2S. The first kappa shape index (κ1) is 18.7. The van der Waals surface area contributed by atoms with Crippen LogP contribution in [0.1, 0.15) is 6.42 Å². The van der Waals surface area contributed by atoms with Crippen LogP contribution in [0, 0.1) is 0 Å². The van der Waals surface area contributed by atoms with Gasteiger partial charge in [0.1, 0.15) is 6.33 Å². The highest BCUT2D eigenvalue weighted by atomic mass is 32.2. The molecule has 152 valence electrons. The largest absolute Gasteiger partial charge is 0.454 e. The zero-order valence-electron chi connectivity index (χ0n) is 16.1. The fourth-order valence-electron chi connectivity index (χ4n) is 3.41. The number of fused-ring (bicyclic) bond motifs is 2. The molecule has 0 saturated heterocycles. The number of aromatic nitrogens is 4. The highest BCUT2D eigenvalue weighted by Gasteiger charge is 2.22. The summed E-state index contributed by atoms with van der Waals surface area (Å²) in [4.78, 5) is 14.2. The molecule has 8 nitrogen and oxygen atoms in total. The van der Waals surface area contributed by atoms with Crippen LogP contribution in [0.15, 0.2) is 58.8 Å². The summed E-state index contributed by atoms with van der Waals surface area (Å²) in [6, 6.07) is 14.2. The summed E-state index contributed by atoms with van der Waals surface area (Å²) in [7, 11) is 0. The van der Waals surface area contributed by atoms with E-state index in [9.17, 15) is 0 Å². The molecule has 0 aliphatic carbocycles. The molecule has 0 unspecified atom stereocenters. The van der Waals surface area contributed by atoms with Crippen LogP contribution in [0.4, 0.5) is 5.82 Å². The van der Waals surface area contributed by atoms with Gasteiger partial charge in [0.2, 0.25) is 6.79 Å². The topological polar surface area (TPSA) is 114 Å². The monoisotopic (exact) mass is 420 g/mol. The van der Waals surface area contributed by atoms with Gasteiger partial charge in [-0.25, -0.2) is 15.0 Å². The van der Waals surface area contributed by atoms with Crippen molar-refractivity contribution < 1.29 is 9.47 Å². The Hall–Kier alpha value is -3.30. The fourth-order valence-corrected chi connectivity index (χ4v) is 4.49. The maximum atomic E-state index is 6.06. The lowest BCUT2D eigenvalue weighted by atomic mass is 10.1. The third-order valence-corrected chi connectivity index (χ3v) is 5.92. The van der Waals surface area contributed by atoms with Gasteiger partial charge in [0.05, 0.1) is 0 Å². The molecule has 30 heavy (non-hydrogen) atoms. The van der Waals surface area contributed by atoms with Crippen LogP contribution in [0.25, 0.3) is 22.3 Å². The Kier molecular flexibility index (Phi) is 4.89. The van der Waals surface area contributed by atoms with Crippen LogP contribution in [-0.2, 0) is 6.54 Å². The molecule has 0 atom stereocenters. The first-order chi connectivity index (χ1) is 14.7. The van der Waals surface area contributed by atoms with E-state index in [-0.39, 0.29) is 6.79 Å². The molecule has 1 aliphatic heterocycles. The minimum atomic E-state index is 0.221. The minimum Gasteiger partial charge on any atom is -0.454 e. The number of anilines is 1. The molecule has 0 spiro atoms. The highest BCUT2D eigenvalue weighted by Crippen LogP contribution is 2.44. The first-order valence-corrected chi connectivity index (χ1v) is 10.4. The van der Waals surface area contributed by atoms with Gasteiger partial charge in [-0.05, 0) is 36.2 Å². The fraction of sp³-hybridized carbons (Fsp3) is 0.190. The van der Waals surface area contributed by atoms with E-state index >= 15 is 0 Å². The quantitative estimate of drug-likeness (QED) is 0.488. The second-order valence-electron chi connectivity index (χ2n) is 6.79. The molecule has 1 aliphatic rings. The molecule has 0 fully saturated rings. The first-order valence-electron chi connectivity index (χ1n) is 9.58. The smallest absolute Gasteiger partial charge is 0.231 e. The summed E-state index contributed by atoms with van der Waals surface area (Å²) in [6.45, 7) is 1.49. The third kappa shape index (κ3) is 3.31. The predicted octanol–water partition coefficient (Wildman–Crippen LogP) is 3.30. The van der Waals surface area contributed by atoms with Gasteiger partial charge in [-0.1, -0.05) is 42.1 Å². The second-order valence-corrected chi connectivity index (χ2v) is 7.80. The second kappa shape index (κ2) is 7.85. The molecule has 3 heterocycles. The van der Waals surface area contributed by atoms with E-state index < -0.39 is 0 Å². The van der Waals surface area contributed by atoms with Gasteiger partial charge in [0, 0.05) is 11.4 Å². The predicted molar refractivity (Wildman–Crippen MR) is 116 cm³/mol. The van der Waals surface area contributed by atoms with Crippen LogP contribution in [0.2, 0.25) is 0 Å². The molecule has 0 amide bonds. The Balaban J connectivity index is 1.64. The molecule has 9 heteroatoms. The lowest BCUT2D eigenvalue weighted by molar-refractivity contribution is 0.174. The standard InChI is InChI=1S/C21H20N6O2S/c22-7-4-8-27-20-18(19(23)24-11-25-20)26-21(27)30-17-10-16-15(28-12-29-16)9-14(17)13-5-2-1-3-6-13/h1-3,5-6,9-11H,4,7-8,12,22H2,(H2,23,24,25). The van der Waals surface area contributed by atoms with Crippen molar-refractivity contribution >= 4 is 28.7 Å². The number of aryl methyl sites for hydroxylation is 1. The summed E-state index contributed by atoms with van der Waals surface area (Å²) < 4.78 is 13.3. The maximum Gasteiger partial charge on any atom is 0.231 e. The Bertz CT molecular complexity index is 1210. The average Bonchev–Trinajstić information content (AvgIpc) is 3.37. The molecule has 4 aromatic rings. The van der Waals surface area contributed by atoms with Crippen molar-refractivity contribution in [2.24, 2.45) is 5.73 Å². The van der Waals surface area contributed by atoms with E-state index in [1.807, 2.05) is 34.9 Å². The number of nitrogen functional groups attached to an aromatic ring is 1. The van der Waals surface area contributed by atoms with Crippen molar-refractivity contribution in [2.45, 2.75) is 23.0 Å². The molecular weight excluding hydrogens is 400 g/mol. The van der Waals surface area contributed by atoms with Gasteiger partial charge in [0.15, 0.2) is 33.6 Å². The van der Waals surface area contributed by atoms with Gasteiger partial charge in [0.25, 0.3) is 0 Å². The summed E-state index contributed by atoms with van der Waals surface area (Å²) in [5, 5.41) is 0.779. The summed E-state index contributed by atoms with van der Waals surface area (Å²) in [6.07, 6.45) is 2.26. The summed E-state index contributed by atoms with van der Waals surface area (Å²) in [5.74, 6) is 1.83. The van der Waals surface area contributed by atoms with E-state index in [1.54, 1.807) is 0 Å². The normalized spacial score (nSPS) is 12.6. The van der Waals surface area contributed by atoms with Gasteiger partial charge in [-0.3, -0.25) is 0 Å². The minimum absolute atomic E-state index is 0.221. The van der Waals surface area contributed by atoms with Crippen molar-refractivity contribution in [1.29, 1.82) is 0 Å². The van der Waals surface area contributed by atoms with Crippen LogP contribution >= 0.6 is 11.8 Å². The SMILES string of the molecule is NCCCn1c(Sc2cc3c(cc2-c2ccccc2)OCO3)nc2c(N)ncnc21. The average molecular weight is 420 g/mol. The van der Waals surface area contributed by atoms with E-state index in [2.05, 4.69) is 22.1 Å². The number of benzene rings is 2. The van der Waals surface area contributed by atoms with Crippen LogP contribution in [0.3, 0.4) is 0 Å². The molecule has 0 radical (unpaired) electrons. The van der Waals surface area contributed by atoms with Crippen molar-refractivity contribution in [1.82, 2.24) is 19.5 Å². The maximum absolute atomic E-state index is 6.06. The van der Waals surface area contributed by atoms with E-state index in [0.29, 0.717) is 30.1 Å². The number of nitrogens with two attached hydrogens (primary N) is 2. The van der Waals surface area contributed by atoms with Crippen molar-refractivity contribution in [3.05, 3.63) is 48.8 Å². The summed E-state index contributed by atoms with van der Waals surface area (Å²) in [5.41, 5.74) is 15.2. The molecule has 2 aromatic heterocycles. The van der Waals surface area contributed by atoms with Crippen LogP contribution in [0.5, 0.6) is 11.5 Å². The number of hydrogen-bond donors (Lipinski definition) is 2. The molecule has 0 bridgehead atoms. The van der Waals surface area contributed by atoms with Crippen LogP contribution in [-0.4, -0.2) is 32.9 Å². The van der Waals surface area contributed by atoms with Crippen LogP contribution < -0.4 is 20.9 Å². The number of ether oxygens (including phenoxy) is 2. The molecule has 0 saturated carbocycles. The Labute approximate surface area is 177 Å². The van der Waals surface area contributed by atoms with E-state index in [0.717, 1.165) is 39.1 Å². The number of hydrogen-bond acceptors (Lipinski definition) is 8. The van der Waals surface area contributed by atoms with Gasteiger partial charge in [-0.15, -0.1) is 0 Å². The Morgan fingerprint density at radius 1 is 1.07 bits per heavy atom. The molecule has 5 rings (SSSR count). The summed E-state index contributed by atoms with van der Waals surface area (Å²) >= 11 is 1.54. The van der Waals surface area contributed by atoms with E-state index in [1.165, 1.54) is 18.1 Å². The zero-order chi connectivity index (χ0) is 20.5. The van der Waals surface area contributed by atoms with Gasteiger partial charge < -0.3 is 25.5 Å². The van der Waals surface area contributed by atoms with Gasteiger partial charge in [-0.2, -0.15) is 0 Å². The Morgan fingerprint density at radius 3 is 2.67 bits per heavy atom. The lowest BCUT2D eigenvalue weighted by Crippen LogP contribution is -2.07. The van der Waals surface area contributed by atoms with Crippen molar-refractivity contribution in [2.75, 3.05) is 19.1 Å². The third-order valence-electron chi connectivity index (χ3n) is 4.87. The van der Waals surface area contributed by atoms with E-state index in [4.69, 9.17) is 25.9 Å². The number of imidazole rings is 1. The van der Waals surface area contributed by atoms with Crippen molar-refractivity contribution in [3.8, 4) is 22.6 Å². The van der Waals surface area contributed by atoms with Gasteiger partial charge >= 0.3 is 0 Å². The zero-order valence-corrected chi connectivity index (χ0v) is 16.9.